The van der Waals surface area contributed by atoms with Crippen LogP contribution in [0.25, 0.3) is 11.3 Å². The van der Waals surface area contributed by atoms with Crippen LogP contribution < -0.4 is 0 Å². The average Bonchev–Trinajstić information content (AvgIpc) is 3.57. The lowest BCUT2D eigenvalue weighted by Gasteiger charge is -2.43. The number of alkyl halides is 2. The molecule has 1 aliphatic carbocycles. The Morgan fingerprint density at radius 2 is 1.87 bits per heavy atom. The van der Waals surface area contributed by atoms with Gasteiger partial charge in [0.2, 0.25) is 0 Å². The highest BCUT2D eigenvalue weighted by Gasteiger charge is 2.48. The molecule has 1 aromatic carbocycles. The van der Waals surface area contributed by atoms with Gasteiger partial charge in [0.1, 0.15) is 36.1 Å². The van der Waals surface area contributed by atoms with E-state index in [0.717, 1.165) is 0 Å². The number of hydrogen-bond acceptors (Lipinski definition) is 8. The number of benzene rings is 1. The Kier molecular flexibility index (Phi) is 7.93. The summed E-state index contributed by atoms with van der Waals surface area (Å²) in [5.74, 6) is -5.33. The fraction of sp³-hybridized carbons (Fsp3) is 0.583. The number of hydrogen-bond donors (Lipinski definition) is 2. The van der Waals surface area contributed by atoms with Crippen LogP contribution in [0.2, 0.25) is 5.02 Å². The smallest absolute Gasteiger partial charge is 0.270 e. The van der Waals surface area contributed by atoms with Gasteiger partial charge in [-0.2, -0.15) is 0 Å². The zero-order chi connectivity index (χ0) is 27.9. The van der Waals surface area contributed by atoms with Gasteiger partial charge in [-0.25, -0.2) is 26.9 Å². The molecule has 3 heterocycles. The molecule has 0 radical (unpaired) electrons. The first kappa shape index (κ1) is 27.9. The predicted molar refractivity (Wildman–Crippen MR) is 128 cm³/mol. The van der Waals surface area contributed by atoms with Crippen molar-refractivity contribution in [2.24, 2.45) is 0 Å². The molecule has 1 saturated carbocycles. The van der Waals surface area contributed by atoms with Crippen molar-refractivity contribution in [1.29, 1.82) is 0 Å². The summed E-state index contributed by atoms with van der Waals surface area (Å²) in [5.41, 5.74) is 0.142. The van der Waals surface area contributed by atoms with Gasteiger partial charge in [-0.05, 0) is 25.0 Å². The summed E-state index contributed by atoms with van der Waals surface area (Å²) in [6.45, 7) is -0.551. The monoisotopic (exact) mass is 574 g/mol. The molecule has 5 rings (SSSR count). The van der Waals surface area contributed by atoms with Crippen molar-refractivity contribution >= 4 is 11.6 Å². The van der Waals surface area contributed by atoms with Gasteiger partial charge < -0.3 is 19.7 Å². The maximum Gasteiger partial charge on any atom is 0.270 e. The van der Waals surface area contributed by atoms with Crippen LogP contribution in [0.15, 0.2) is 24.5 Å². The molecule has 6 atom stereocenters. The Morgan fingerprint density at radius 3 is 2.59 bits per heavy atom. The standard InChI is InChI=1S/C24H27ClF4N6O4/c1-38-23-16(8-12-9-34(32-30-12)18-4-2-3-7-24(18,28)29)39-17(11-36)22(37)21(23)35-10-15(31-33-35)13-5-6-14(25)20(27)19(13)26/h5-6,9-10,16-18,21-23,36-37H,2-4,7-8,11H2,1H3/t16-,17-,18-,21+,22+,23+/m1/s1. The van der Waals surface area contributed by atoms with Gasteiger partial charge in [-0.1, -0.05) is 28.4 Å². The molecule has 15 heteroatoms. The van der Waals surface area contributed by atoms with Gasteiger partial charge in [0.25, 0.3) is 5.92 Å². The predicted octanol–water partition coefficient (Wildman–Crippen LogP) is 3.14. The number of halogens is 5. The second-order valence-electron chi connectivity index (χ2n) is 9.80. The third kappa shape index (κ3) is 5.27. The van der Waals surface area contributed by atoms with Gasteiger partial charge in [0.05, 0.1) is 29.6 Å². The van der Waals surface area contributed by atoms with E-state index in [4.69, 9.17) is 21.1 Å². The molecule has 39 heavy (non-hydrogen) atoms. The van der Waals surface area contributed by atoms with Crippen LogP contribution in [0, 0.1) is 11.6 Å². The average molecular weight is 575 g/mol. The molecule has 0 amide bonds. The van der Waals surface area contributed by atoms with Gasteiger partial charge in [-0.15, -0.1) is 10.2 Å². The molecule has 1 aliphatic heterocycles. The van der Waals surface area contributed by atoms with Crippen LogP contribution in [-0.4, -0.2) is 84.3 Å². The molecular weight excluding hydrogens is 548 g/mol. The fourth-order valence-corrected chi connectivity index (χ4v) is 5.51. The fourth-order valence-electron chi connectivity index (χ4n) is 5.37. The molecule has 2 N–H and O–H groups in total. The van der Waals surface area contributed by atoms with Crippen molar-refractivity contribution in [3.63, 3.8) is 0 Å². The van der Waals surface area contributed by atoms with Gasteiger partial charge in [-0.3, -0.25) is 0 Å². The highest BCUT2D eigenvalue weighted by molar-refractivity contribution is 6.30. The molecule has 0 spiro atoms. The largest absolute Gasteiger partial charge is 0.394 e. The Balaban J connectivity index is 1.41. The second-order valence-corrected chi connectivity index (χ2v) is 10.2. The second kappa shape index (κ2) is 11.1. The summed E-state index contributed by atoms with van der Waals surface area (Å²) in [6.07, 6.45) is -0.0866. The normalized spacial score (nSPS) is 29.0. The maximum atomic E-state index is 14.5. The van der Waals surface area contributed by atoms with Crippen LogP contribution in [0.3, 0.4) is 0 Å². The number of ether oxygens (including phenoxy) is 2. The summed E-state index contributed by atoms with van der Waals surface area (Å²) in [6, 6.07) is 0.375. The Hall–Kier alpha value is -2.65. The summed E-state index contributed by atoms with van der Waals surface area (Å²) in [5, 5.41) is 36.4. The van der Waals surface area contributed by atoms with E-state index in [9.17, 15) is 27.8 Å². The summed E-state index contributed by atoms with van der Waals surface area (Å²) >= 11 is 5.64. The highest BCUT2D eigenvalue weighted by Crippen LogP contribution is 2.41. The minimum absolute atomic E-state index is 0.0231. The molecule has 212 valence electrons. The van der Waals surface area contributed by atoms with Gasteiger partial charge in [0.15, 0.2) is 11.6 Å². The lowest BCUT2D eigenvalue weighted by Crippen LogP contribution is -2.57. The minimum Gasteiger partial charge on any atom is -0.394 e. The van der Waals surface area contributed by atoms with Crippen molar-refractivity contribution in [1.82, 2.24) is 30.0 Å². The van der Waals surface area contributed by atoms with E-state index < -0.39 is 60.7 Å². The number of rotatable bonds is 7. The topological polar surface area (TPSA) is 120 Å². The van der Waals surface area contributed by atoms with Crippen LogP contribution in [0.4, 0.5) is 17.6 Å². The van der Waals surface area contributed by atoms with Crippen LogP contribution >= 0.6 is 11.6 Å². The number of aliphatic hydroxyl groups is 2. The van der Waals surface area contributed by atoms with Crippen LogP contribution in [0.5, 0.6) is 0 Å². The molecule has 1 saturated heterocycles. The molecule has 0 bridgehead atoms. The highest BCUT2D eigenvalue weighted by atomic mass is 35.5. The van der Waals surface area contributed by atoms with E-state index in [1.807, 2.05) is 0 Å². The first-order valence-electron chi connectivity index (χ1n) is 12.5. The minimum atomic E-state index is -2.89. The molecule has 0 unspecified atom stereocenters. The summed E-state index contributed by atoms with van der Waals surface area (Å²) in [4.78, 5) is 0. The maximum absolute atomic E-state index is 14.5. The molecule has 2 aromatic heterocycles. The Morgan fingerprint density at radius 1 is 1.10 bits per heavy atom. The van der Waals surface area contributed by atoms with Crippen molar-refractivity contribution in [2.45, 2.75) is 74.5 Å². The first-order chi connectivity index (χ1) is 18.6. The van der Waals surface area contributed by atoms with E-state index in [1.165, 1.54) is 41.0 Å². The Bertz CT molecular complexity index is 1310. The quantitative estimate of drug-likeness (QED) is 0.326. The van der Waals surface area contributed by atoms with E-state index >= 15 is 0 Å². The first-order valence-corrected chi connectivity index (χ1v) is 12.8. The lowest BCUT2D eigenvalue weighted by molar-refractivity contribution is -0.212. The van der Waals surface area contributed by atoms with Crippen LogP contribution in [0.1, 0.15) is 43.5 Å². The van der Waals surface area contributed by atoms with Gasteiger partial charge in [0, 0.05) is 31.7 Å². The zero-order valence-electron chi connectivity index (χ0n) is 20.8. The van der Waals surface area contributed by atoms with Crippen molar-refractivity contribution in [3.8, 4) is 11.3 Å². The molecule has 2 fully saturated rings. The molecule has 2 aliphatic rings. The Labute approximate surface area is 225 Å². The third-order valence-electron chi connectivity index (χ3n) is 7.38. The van der Waals surface area contributed by atoms with Crippen molar-refractivity contribution in [2.75, 3.05) is 13.7 Å². The molecule has 10 nitrogen and oxygen atoms in total. The third-order valence-corrected chi connectivity index (χ3v) is 7.67. The van der Waals surface area contributed by atoms with E-state index in [0.29, 0.717) is 18.5 Å². The van der Waals surface area contributed by atoms with Crippen molar-refractivity contribution in [3.05, 3.63) is 46.9 Å². The number of methoxy groups -OCH3 is 1. The zero-order valence-corrected chi connectivity index (χ0v) is 21.6. The van der Waals surface area contributed by atoms with E-state index in [1.54, 1.807) is 0 Å². The number of aliphatic hydroxyl groups excluding tert-OH is 2. The summed E-state index contributed by atoms with van der Waals surface area (Å²) in [7, 11) is 1.38. The lowest BCUT2D eigenvalue weighted by atomic mass is 9.90. The number of nitrogens with zero attached hydrogens (tertiary/aromatic N) is 6. The van der Waals surface area contributed by atoms with Crippen molar-refractivity contribution < 1.29 is 37.2 Å². The number of aromatic nitrogens is 6. The SMILES string of the molecule is CO[C@@H]1[C@@H](n2cc(-c3ccc(Cl)c(F)c3F)nn2)[C@@H](O)[C@@H](CO)O[C@@H]1Cc1cn([C@@H]2CCCCC2(F)F)nn1. The summed E-state index contributed by atoms with van der Waals surface area (Å²) < 4.78 is 71.4. The van der Waals surface area contributed by atoms with E-state index in [-0.39, 0.29) is 35.5 Å². The molecular formula is C24H27ClF4N6O4. The van der Waals surface area contributed by atoms with E-state index in [2.05, 4.69) is 20.6 Å². The molecule has 3 aromatic rings. The van der Waals surface area contributed by atoms with Crippen LogP contribution in [-0.2, 0) is 15.9 Å². The van der Waals surface area contributed by atoms with Gasteiger partial charge >= 0.3 is 0 Å².